The molecule has 1 amide bonds. The van der Waals surface area contributed by atoms with Crippen LogP contribution in [0.15, 0.2) is 18.2 Å². The molecule has 0 unspecified atom stereocenters. The molecule has 1 aromatic carbocycles. The lowest BCUT2D eigenvalue weighted by atomic mass is 10.3. The molecule has 0 aromatic heterocycles. The van der Waals surface area contributed by atoms with Gasteiger partial charge in [0.15, 0.2) is 6.61 Å². The molecule has 2 rings (SSSR count). The van der Waals surface area contributed by atoms with Crippen molar-refractivity contribution in [1.29, 1.82) is 0 Å². The Morgan fingerprint density at radius 3 is 2.78 bits per heavy atom. The number of likely N-dealkylation sites (tertiary alicyclic amines) is 1. The fourth-order valence-electron chi connectivity index (χ4n) is 1.96. The predicted octanol–water partition coefficient (Wildman–Crippen LogP) is 1.28. The van der Waals surface area contributed by atoms with Gasteiger partial charge >= 0.3 is 0 Å². The number of nitrogen functional groups attached to an aromatic ring is 1. The summed E-state index contributed by atoms with van der Waals surface area (Å²) in [6.45, 7) is 1.68. The Bertz CT molecular complexity index is 428. The van der Waals surface area contributed by atoms with Crippen LogP contribution in [0.2, 0.25) is 0 Å². The summed E-state index contributed by atoms with van der Waals surface area (Å²) in [4.78, 5) is 13.6. The molecule has 0 atom stereocenters. The summed E-state index contributed by atoms with van der Waals surface area (Å²) in [6.07, 6.45) is 2.15. The average molecular weight is 250 g/mol. The molecule has 0 spiro atoms. The fraction of sp³-hybridized carbons (Fsp3) is 0.462. The van der Waals surface area contributed by atoms with Gasteiger partial charge in [0.2, 0.25) is 0 Å². The number of amides is 1. The second kappa shape index (κ2) is 5.62. The van der Waals surface area contributed by atoms with Gasteiger partial charge in [0.05, 0.1) is 12.8 Å². The van der Waals surface area contributed by atoms with Gasteiger partial charge < -0.3 is 20.1 Å². The lowest BCUT2D eigenvalue weighted by Gasteiger charge is -2.16. The van der Waals surface area contributed by atoms with E-state index in [0.717, 1.165) is 25.9 Å². The zero-order valence-electron chi connectivity index (χ0n) is 10.5. The van der Waals surface area contributed by atoms with Crippen molar-refractivity contribution < 1.29 is 14.3 Å². The number of hydrogen-bond donors (Lipinski definition) is 1. The lowest BCUT2D eigenvalue weighted by Crippen LogP contribution is -2.32. The van der Waals surface area contributed by atoms with Crippen LogP contribution in [-0.4, -0.2) is 37.6 Å². The summed E-state index contributed by atoms with van der Waals surface area (Å²) >= 11 is 0. The van der Waals surface area contributed by atoms with Crippen LogP contribution in [0.3, 0.4) is 0 Å². The highest BCUT2D eigenvalue weighted by molar-refractivity contribution is 5.78. The topological polar surface area (TPSA) is 64.8 Å². The van der Waals surface area contributed by atoms with Crippen molar-refractivity contribution in [2.45, 2.75) is 12.8 Å². The number of hydrogen-bond acceptors (Lipinski definition) is 4. The first-order valence-corrected chi connectivity index (χ1v) is 6.05. The number of anilines is 1. The molecule has 1 saturated heterocycles. The highest BCUT2D eigenvalue weighted by Crippen LogP contribution is 2.26. The molecule has 18 heavy (non-hydrogen) atoms. The smallest absolute Gasteiger partial charge is 0.260 e. The number of rotatable bonds is 4. The van der Waals surface area contributed by atoms with Crippen molar-refractivity contribution >= 4 is 11.6 Å². The van der Waals surface area contributed by atoms with Crippen LogP contribution >= 0.6 is 0 Å². The monoisotopic (exact) mass is 250 g/mol. The van der Waals surface area contributed by atoms with Gasteiger partial charge in [0, 0.05) is 19.2 Å². The minimum Gasteiger partial charge on any atom is -0.497 e. The Balaban J connectivity index is 1.94. The summed E-state index contributed by atoms with van der Waals surface area (Å²) in [5.41, 5.74) is 6.28. The van der Waals surface area contributed by atoms with Crippen molar-refractivity contribution in [1.82, 2.24) is 4.90 Å². The largest absolute Gasteiger partial charge is 0.497 e. The van der Waals surface area contributed by atoms with Crippen molar-refractivity contribution in [3.05, 3.63) is 18.2 Å². The van der Waals surface area contributed by atoms with Crippen molar-refractivity contribution in [2.75, 3.05) is 32.5 Å². The van der Waals surface area contributed by atoms with E-state index in [2.05, 4.69) is 0 Å². The van der Waals surface area contributed by atoms with Crippen LogP contribution in [0.5, 0.6) is 11.5 Å². The minimum atomic E-state index is 0.00900. The van der Waals surface area contributed by atoms with E-state index in [1.807, 2.05) is 4.90 Å². The molecule has 0 radical (unpaired) electrons. The SMILES string of the molecule is COc1ccc(N)c(OCC(=O)N2CCCC2)c1. The molecule has 1 heterocycles. The van der Waals surface area contributed by atoms with Crippen molar-refractivity contribution in [3.63, 3.8) is 0 Å². The molecule has 2 N–H and O–H groups in total. The Hall–Kier alpha value is -1.91. The van der Waals surface area contributed by atoms with Crippen LogP contribution in [0.1, 0.15) is 12.8 Å². The van der Waals surface area contributed by atoms with E-state index in [-0.39, 0.29) is 12.5 Å². The number of methoxy groups -OCH3 is 1. The van der Waals surface area contributed by atoms with E-state index in [9.17, 15) is 4.79 Å². The van der Waals surface area contributed by atoms with Crippen LogP contribution < -0.4 is 15.2 Å². The summed E-state index contributed by atoms with van der Waals surface area (Å²) < 4.78 is 10.5. The van der Waals surface area contributed by atoms with E-state index in [1.165, 1.54) is 0 Å². The third-order valence-electron chi connectivity index (χ3n) is 3.03. The molecule has 0 bridgehead atoms. The number of ether oxygens (including phenoxy) is 2. The molecular formula is C13H18N2O3. The molecular weight excluding hydrogens is 232 g/mol. The van der Waals surface area contributed by atoms with Crippen LogP contribution in [0, 0.1) is 0 Å². The van der Waals surface area contributed by atoms with E-state index >= 15 is 0 Å². The van der Waals surface area contributed by atoms with Gasteiger partial charge in [0.25, 0.3) is 5.91 Å². The number of benzene rings is 1. The molecule has 1 aliphatic rings. The van der Waals surface area contributed by atoms with Crippen LogP contribution in [0.4, 0.5) is 5.69 Å². The number of carbonyl (C=O) groups excluding carboxylic acids is 1. The molecule has 1 aromatic rings. The van der Waals surface area contributed by atoms with Crippen molar-refractivity contribution in [3.8, 4) is 11.5 Å². The Labute approximate surface area is 106 Å². The predicted molar refractivity (Wildman–Crippen MR) is 68.7 cm³/mol. The minimum absolute atomic E-state index is 0.00900. The van der Waals surface area contributed by atoms with Crippen LogP contribution in [0.25, 0.3) is 0 Å². The Morgan fingerprint density at radius 2 is 2.11 bits per heavy atom. The highest BCUT2D eigenvalue weighted by Gasteiger charge is 2.18. The first kappa shape index (κ1) is 12.5. The van der Waals surface area contributed by atoms with E-state index in [0.29, 0.717) is 17.2 Å². The number of nitrogens with zero attached hydrogens (tertiary/aromatic N) is 1. The number of carbonyl (C=O) groups is 1. The molecule has 0 saturated carbocycles. The lowest BCUT2D eigenvalue weighted by molar-refractivity contribution is -0.132. The zero-order valence-corrected chi connectivity index (χ0v) is 10.5. The quantitative estimate of drug-likeness (QED) is 0.817. The van der Waals surface area contributed by atoms with Crippen molar-refractivity contribution in [2.24, 2.45) is 0 Å². The molecule has 0 aliphatic carbocycles. The summed E-state index contributed by atoms with van der Waals surface area (Å²) in [5, 5.41) is 0. The summed E-state index contributed by atoms with van der Waals surface area (Å²) in [7, 11) is 1.57. The second-order valence-electron chi connectivity index (χ2n) is 4.28. The van der Waals surface area contributed by atoms with E-state index in [4.69, 9.17) is 15.2 Å². The second-order valence-corrected chi connectivity index (χ2v) is 4.28. The van der Waals surface area contributed by atoms with Gasteiger partial charge in [-0.25, -0.2) is 0 Å². The maximum atomic E-state index is 11.8. The third-order valence-corrected chi connectivity index (χ3v) is 3.03. The summed E-state index contributed by atoms with van der Waals surface area (Å²) in [5.74, 6) is 1.16. The maximum Gasteiger partial charge on any atom is 0.260 e. The third kappa shape index (κ3) is 2.85. The average Bonchev–Trinajstić information content (AvgIpc) is 2.91. The van der Waals surface area contributed by atoms with Gasteiger partial charge in [-0.3, -0.25) is 4.79 Å². The standard InChI is InChI=1S/C13H18N2O3/c1-17-10-4-5-11(14)12(8-10)18-9-13(16)15-6-2-3-7-15/h4-5,8H,2-3,6-7,9,14H2,1H3. The summed E-state index contributed by atoms with van der Waals surface area (Å²) in [6, 6.07) is 5.14. The molecule has 1 aliphatic heterocycles. The van der Waals surface area contributed by atoms with Gasteiger partial charge in [-0.15, -0.1) is 0 Å². The molecule has 5 heteroatoms. The van der Waals surface area contributed by atoms with Crippen LogP contribution in [-0.2, 0) is 4.79 Å². The number of nitrogens with two attached hydrogens (primary N) is 1. The fourth-order valence-corrected chi connectivity index (χ4v) is 1.96. The normalized spacial score (nSPS) is 14.6. The Morgan fingerprint density at radius 1 is 1.39 bits per heavy atom. The highest BCUT2D eigenvalue weighted by atomic mass is 16.5. The first-order chi connectivity index (χ1) is 8.70. The maximum absolute atomic E-state index is 11.8. The first-order valence-electron chi connectivity index (χ1n) is 6.05. The van der Waals surface area contributed by atoms with E-state index in [1.54, 1.807) is 25.3 Å². The van der Waals surface area contributed by atoms with Gasteiger partial charge in [-0.05, 0) is 25.0 Å². The van der Waals surface area contributed by atoms with Gasteiger partial charge in [0.1, 0.15) is 11.5 Å². The molecule has 98 valence electrons. The van der Waals surface area contributed by atoms with Gasteiger partial charge in [-0.1, -0.05) is 0 Å². The zero-order chi connectivity index (χ0) is 13.0. The molecule has 5 nitrogen and oxygen atoms in total. The van der Waals surface area contributed by atoms with Gasteiger partial charge in [-0.2, -0.15) is 0 Å². The van der Waals surface area contributed by atoms with E-state index < -0.39 is 0 Å². The Kier molecular flexibility index (Phi) is 3.92. The molecule has 1 fully saturated rings.